The zero-order chi connectivity index (χ0) is 27.4. The fraction of sp³-hybridized carbons (Fsp3) is 0.517. The molecule has 210 valence electrons. The van der Waals surface area contributed by atoms with E-state index in [0.29, 0.717) is 23.0 Å². The molecule has 40 heavy (non-hydrogen) atoms. The maximum absolute atomic E-state index is 12.5. The van der Waals surface area contributed by atoms with Gasteiger partial charge in [-0.2, -0.15) is 0 Å². The number of amides is 1. The third-order valence-electron chi connectivity index (χ3n) is 8.50. The number of aliphatic hydroxyl groups is 2. The van der Waals surface area contributed by atoms with Crippen LogP contribution in [-0.4, -0.2) is 70.6 Å². The first kappa shape index (κ1) is 25.4. The number of nitrogens with zero attached hydrogens (tertiary/aromatic N) is 5. The van der Waals surface area contributed by atoms with Crippen LogP contribution in [0, 0.1) is 0 Å². The molecule has 0 bridgehead atoms. The van der Waals surface area contributed by atoms with Gasteiger partial charge in [-0.3, -0.25) is 9.36 Å². The molecule has 4 aromatic rings. The molecule has 2 aliphatic carbocycles. The summed E-state index contributed by atoms with van der Waals surface area (Å²) in [6.07, 6.45) is 8.12. The van der Waals surface area contributed by atoms with Crippen LogP contribution in [-0.2, 0) is 16.0 Å². The number of rotatable bonds is 8. The number of hydrogen-bond donors (Lipinski definition) is 4. The van der Waals surface area contributed by atoms with Crippen molar-refractivity contribution in [1.82, 2.24) is 29.4 Å². The Morgan fingerprint density at radius 2 is 1.88 bits per heavy atom. The molecule has 4 N–H and O–H groups in total. The highest BCUT2D eigenvalue weighted by atomic mass is 16.6. The van der Waals surface area contributed by atoms with Crippen LogP contribution in [0.25, 0.3) is 22.1 Å². The van der Waals surface area contributed by atoms with Gasteiger partial charge in [0.25, 0.3) is 5.91 Å². The lowest BCUT2D eigenvalue weighted by Crippen LogP contribution is -2.43. The van der Waals surface area contributed by atoms with E-state index in [4.69, 9.17) is 4.74 Å². The average Bonchev–Trinajstić information content (AvgIpc) is 3.31. The Labute approximate surface area is 231 Å². The van der Waals surface area contributed by atoms with Gasteiger partial charge in [-0.1, -0.05) is 31.0 Å². The number of anilines is 1. The molecule has 1 unspecified atom stereocenters. The lowest BCUT2D eigenvalue weighted by atomic mass is 10.1. The number of hydrogen-bond acceptors (Lipinski definition) is 8. The number of aliphatic hydroxyl groups excluding tert-OH is 2. The van der Waals surface area contributed by atoms with E-state index in [0.717, 1.165) is 19.3 Å². The first-order valence-corrected chi connectivity index (χ1v) is 14.3. The van der Waals surface area contributed by atoms with E-state index >= 15 is 0 Å². The fourth-order valence-electron chi connectivity index (χ4n) is 6.30. The van der Waals surface area contributed by atoms with Gasteiger partial charge in [0.05, 0.1) is 6.33 Å². The van der Waals surface area contributed by atoms with E-state index in [2.05, 4.69) is 67.5 Å². The van der Waals surface area contributed by atoms with Crippen molar-refractivity contribution in [2.24, 2.45) is 0 Å². The lowest BCUT2D eigenvalue weighted by Gasteiger charge is -2.17. The molecule has 3 aromatic heterocycles. The van der Waals surface area contributed by atoms with Gasteiger partial charge in [-0.15, -0.1) is 0 Å². The van der Waals surface area contributed by atoms with Crippen LogP contribution in [0.3, 0.4) is 0 Å². The van der Waals surface area contributed by atoms with Crippen molar-refractivity contribution in [2.75, 3.05) is 5.32 Å². The van der Waals surface area contributed by atoms with Gasteiger partial charge in [0.1, 0.15) is 18.5 Å². The summed E-state index contributed by atoms with van der Waals surface area (Å²) < 4.78 is 9.86. The Balaban J connectivity index is 1.11. The maximum Gasteiger partial charge on any atom is 0.252 e. The number of benzene rings is 1. The summed E-state index contributed by atoms with van der Waals surface area (Å²) in [5, 5.41) is 28.9. The van der Waals surface area contributed by atoms with Crippen LogP contribution in [0.2, 0.25) is 0 Å². The van der Waals surface area contributed by atoms with Crippen LogP contribution in [0.4, 0.5) is 5.82 Å². The van der Waals surface area contributed by atoms with Crippen molar-refractivity contribution in [3.05, 3.63) is 48.7 Å². The van der Waals surface area contributed by atoms with Crippen molar-refractivity contribution in [3.8, 4) is 0 Å². The standard InChI is InChI=1S/C29H35N7O4/c1-16(12-17-13-35(19-6-2-3-7-19)21-9-5-4-8-20(17)21)33-26-22-27(31-14-30-26)36(15-32-22)29-24(38)23(37)25(40-29)28(39)34-18-10-11-18/h4-5,8-9,13-16,18-19,23-25,29,37-38H,2-3,6-7,10-12H2,1H3,(H,34,39)(H,30,31,33)/t16?,23-,24+,25-,29+/m0/s1. The molecule has 5 atom stereocenters. The maximum atomic E-state index is 12.5. The van der Waals surface area contributed by atoms with Crippen molar-refractivity contribution in [1.29, 1.82) is 0 Å². The highest BCUT2D eigenvalue weighted by Crippen LogP contribution is 2.36. The monoisotopic (exact) mass is 545 g/mol. The molecule has 1 aliphatic heterocycles. The van der Waals surface area contributed by atoms with Gasteiger partial charge in [-0.05, 0) is 50.7 Å². The molecule has 0 spiro atoms. The van der Waals surface area contributed by atoms with E-state index < -0.39 is 30.4 Å². The Hall–Kier alpha value is -3.54. The number of fused-ring (bicyclic) bond motifs is 2. The molecule has 0 radical (unpaired) electrons. The van der Waals surface area contributed by atoms with Crippen molar-refractivity contribution in [3.63, 3.8) is 0 Å². The average molecular weight is 546 g/mol. The molecule has 3 fully saturated rings. The summed E-state index contributed by atoms with van der Waals surface area (Å²) in [7, 11) is 0. The first-order valence-electron chi connectivity index (χ1n) is 14.3. The minimum Gasteiger partial charge on any atom is -0.387 e. The van der Waals surface area contributed by atoms with Crippen LogP contribution in [0.1, 0.15) is 63.3 Å². The number of carbonyl (C=O) groups is 1. The minimum absolute atomic E-state index is 0.0525. The second-order valence-electron chi connectivity index (χ2n) is 11.5. The van der Waals surface area contributed by atoms with Gasteiger partial charge >= 0.3 is 0 Å². The molecule has 4 heterocycles. The second-order valence-corrected chi connectivity index (χ2v) is 11.5. The van der Waals surface area contributed by atoms with E-state index in [1.807, 2.05) is 0 Å². The SMILES string of the molecule is CC(Cc1cn(C2CCCC2)c2ccccc12)Nc1ncnc2c1ncn2[C@@H]1O[C@H](C(=O)NC2CC2)[C@@H](O)[C@H]1O. The van der Waals surface area contributed by atoms with Gasteiger partial charge < -0.3 is 30.2 Å². The number of imidazole rings is 1. The van der Waals surface area contributed by atoms with Crippen molar-refractivity contribution < 1.29 is 19.7 Å². The van der Waals surface area contributed by atoms with Crippen LogP contribution < -0.4 is 10.6 Å². The Morgan fingerprint density at radius 1 is 1.07 bits per heavy atom. The molecule has 11 nitrogen and oxygen atoms in total. The number of nitrogens with one attached hydrogen (secondary N) is 2. The number of ether oxygens (including phenoxy) is 1. The molecule has 2 saturated carbocycles. The Morgan fingerprint density at radius 3 is 2.67 bits per heavy atom. The predicted molar refractivity (Wildman–Crippen MR) is 149 cm³/mol. The van der Waals surface area contributed by atoms with Gasteiger partial charge in [0.2, 0.25) is 0 Å². The molecular formula is C29H35N7O4. The summed E-state index contributed by atoms with van der Waals surface area (Å²) in [6.45, 7) is 2.12. The Kier molecular flexibility index (Phi) is 6.44. The van der Waals surface area contributed by atoms with E-state index in [9.17, 15) is 15.0 Å². The molecule has 1 aromatic carbocycles. The second kappa shape index (κ2) is 10.1. The molecule has 7 rings (SSSR count). The summed E-state index contributed by atoms with van der Waals surface area (Å²) in [6, 6.07) is 9.37. The summed E-state index contributed by atoms with van der Waals surface area (Å²) >= 11 is 0. The zero-order valence-corrected chi connectivity index (χ0v) is 22.5. The van der Waals surface area contributed by atoms with Crippen LogP contribution in [0.5, 0.6) is 0 Å². The smallest absolute Gasteiger partial charge is 0.252 e. The van der Waals surface area contributed by atoms with Crippen LogP contribution in [0.15, 0.2) is 43.1 Å². The van der Waals surface area contributed by atoms with E-state index in [1.165, 1.54) is 54.8 Å². The Bertz CT molecular complexity index is 1540. The number of aromatic nitrogens is 5. The molecule has 1 amide bonds. The summed E-state index contributed by atoms with van der Waals surface area (Å²) in [4.78, 5) is 25.9. The normalized spacial score (nSPS) is 26.1. The fourth-order valence-corrected chi connectivity index (χ4v) is 6.30. The minimum atomic E-state index is -1.35. The molecule has 1 saturated heterocycles. The molecule has 11 heteroatoms. The van der Waals surface area contributed by atoms with Gasteiger partial charge in [0.15, 0.2) is 29.3 Å². The molecule has 3 aliphatic rings. The third-order valence-corrected chi connectivity index (χ3v) is 8.50. The quantitative estimate of drug-likeness (QED) is 0.265. The summed E-state index contributed by atoms with van der Waals surface area (Å²) in [5.74, 6) is 0.160. The zero-order valence-electron chi connectivity index (χ0n) is 22.5. The lowest BCUT2D eigenvalue weighted by molar-refractivity contribution is -0.137. The first-order chi connectivity index (χ1) is 19.5. The van der Waals surface area contributed by atoms with E-state index in [1.54, 1.807) is 4.57 Å². The van der Waals surface area contributed by atoms with Crippen LogP contribution >= 0.6 is 0 Å². The topological polar surface area (TPSA) is 139 Å². The third kappa shape index (κ3) is 4.51. The number of carbonyl (C=O) groups excluding carboxylic acids is 1. The molecular weight excluding hydrogens is 510 g/mol. The predicted octanol–water partition coefficient (Wildman–Crippen LogP) is 2.84. The van der Waals surface area contributed by atoms with Gasteiger partial charge in [0, 0.05) is 35.2 Å². The largest absolute Gasteiger partial charge is 0.387 e. The van der Waals surface area contributed by atoms with E-state index in [-0.39, 0.29) is 12.1 Å². The van der Waals surface area contributed by atoms with Crippen molar-refractivity contribution >= 4 is 33.8 Å². The van der Waals surface area contributed by atoms with Crippen molar-refractivity contribution in [2.45, 2.75) is 94.5 Å². The number of para-hydroxylation sites is 1. The highest BCUT2D eigenvalue weighted by molar-refractivity contribution is 5.85. The highest BCUT2D eigenvalue weighted by Gasteiger charge is 2.48. The van der Waals surface area contributed by atoms with Gasteiger partial charge in [-0.25, -0.2) is 15.0 Å². The summed E-state index contributed by atoms with van der Waals surface area (Å²) in [5.41, 5.74) is 3.56.